The van der Waals surface area contributed by atoms with E-state index >= 15 is 0 Å². The van der Waals surface area contributed by atoms with E-state index < -0.39 is 5.95 Å². The number of halogens is 1. The molecule has 0 atom stereocenters. The largest absolute Gasteiger partial charge is 0.481 e. The summed E-state index contributed by atoms with van der Waals surface area (Å²) in [6.45, 7) is 0.570. The Hall–Kier alpha value is -2.17. The van der Waals surface area contributed by atoms with Crippen LogP contribution >= 0.6 is 0 Å². The van der Waals surface area contributed by atoms with Crippen LogP contribution in [-0.2, 0) is 6.54 Å². The molecule has 0 radical (unpaired) electrons. The van der Waals surface area contributed by atoms with Gasteiger partial charge in [0.2, 0.25) is 11.8 Å². The zero-order valence-electron chi connectivity index (χ0n) is 9.35. The van der Waals surface area contributed by atoms with Crippen LogP contribution in [0.2, 0.25) is 0 Å². The van der Waals surface area contributed by atoms with Crippen LogP contribution in [0.4, 0.5) is 10.1 Å². The lowest BCUT2D eigenvalue weighted by Gasteiger charge is -2.06. The van der Waals surface area contributed by atoms with Gasteiger partial charge < -0.3 is 10.1 Å². The van der Waals surface area contributed by atoms with Crippen LogP contribution in [0.25, 0.3) is 0 Å². The maximum atomic E-state index is 12.8. The number of nitrogens with one attached hydrogen (secondary N) is 1. The molecule has 2 aromatic rings. The topological polar surface area (TPSA) is 47.0 Å². The van der Waals surface area contributed by atoms with Gasteiger partial charge in [-0.05, 0) is 11.6 Å². The fourth-order valence-electron chi connectivity index (χ4n) is 1.35. The van der Waals surface area contributed by atoms with Crippen LogP contribution in [0.5, 0.6) is 5.88 Å². The van der Waals surface area contributed by atoms with Crippen LogP contribution in [0.1, 0.15) is 5.56 Å². The molecule has 4 nitrogen and oxygen atoms in total. The molecule has 2 heterocycles. The number of pyridine rings is 2. The van der Waals surface area contributed by atoms with Gasteiger partial charge in [-0.3, -0.25) is 0 Å². The van der Waals surface area contributed by atoms with Crippen molar-refractivity contribution >= 4 is 5.69 Å². The van der Waals surface area contributed by atoms with Crippen molar-refractivity contribution in [2.75, 3.05) is 12.4 Å². The molecule has 0 aliphatic rings. The highest BCUT2D eigenvalue weighted by Crippen LogP contribution is 2.11. The predicted molar refractivity (Wildman–Crippen MR) is 62.3 cm³/mol. The number of nitrogens with zero attached hydrogens (tertiary/aromatic N) is 2. The highest BCUT2D eigenvalue weighted by Gasteiger charge is 1.98. The first-order valence-electron chi connectivity index (χ1n) is 5.12. The molecule has 1 N–H and O–H groups in total. The standard InChI is InChI=1S/C12H12FN3O/c1-17-12-3-2-9(8-16-12)7-15-10-4-5-14-11(13)6-10/h2-6,8H,7H2,1H3,(H,14,15). The zero-order chi connectivity index (χ0) is 12.1. The van der Waals surface area contributed by atoms with Crippen molar-refractivity contribution in [1.82, 2.24) is 9.97 Å². The fourth-order valence-corrected chi connectivity index (χ4v) is 1.35. The second-order valence-electron chi connectivity index (χ2n) is 3.43. The number of aromatic nitrogens is 2. The first-order valence-corrected chi connectivity index (χ1v) is 5.12. The van der Waals surface area contributed by atoms with Crippen LogP contribution in [0.3, 0.4) is 0 Å². The summed E-state index contributed by atoms with van der Waals surface area (Å²) in [4.78, 5) is 7.56. The molecular formula is C12H12FN3O. The molecule has 0 saturated heterocycles. The molecule has 0 aliphatic carbocycles. The van der Waals surface area contributed by atoms with Gasteiger partial charge in [0.25, 0.3) is 0 Å². The summed E-state index contributed by atoms with van der Waals surface area (Å²) in [5, 5.41) is 3.08. The Morgan fingerprint density at radius 2 is 2.18 bits per heavy atom. The molecule has 5 heteroatoms. The number of ether oxygens (including phenoxy) is 1. The Balaban J connectivity index is 1.97. The van der Waals surface area contributed by atoms with E-state index in [1.54, 1.807) is 25.4 Å². The van der Waals surface area contributed by atoms with Gasteiger partial charge in [-0.1, -0.05) is 6.07 Å². The van der Waals surface area contributed by atoms with Gasteiger partial charge in [-0.25, -0.2) is 9.97 Å². The van der Waals surface area contributed by atoms with Gasteiger partial charge >= 0.3 is 0 Å². The number of rotatable bonds is 4. The first kappa shape index (κ1) is 11.3. The van der Waals surface area contributed by atoms with Crippen molar-refractivity contribution in [1.29, 1.82) is 0 Å². The summed E-state index contributed by atoms with van der Waals surface area (Å²) < 4.78 is 17.8. The molecule has 0 aliphatic heterocycles. The Morgan fingerprint density at radius 3 is 2.82 bits per heavy atom. The van der Waals surface area contributed by atoms with E-state index in [0.29, 0.717) is 18.1 Å². The van der Waals surface area contributed by atoms with Crippen LogP contribution in [-0.4, -0.2) is 17.1 Å². The minimum atomic E-state index is -0.497. The lowest BCUT2D eigenvalue weighted by Crippen LogP contribution is -2.00. The summed E-state index contributed by atoms with van der Waals surface area (Å²) in [6, 6.07) is 6.73. The van der Waals surface area contributed by atoms with E-state index in [9.17, 15) is 4.39 Å². The highest BCUT2D eigenvalue weighted by molar-refractivity contribution is 5.41. The predicted octanol–water partition coefficient (Wildman–Crippen LogP) is 2.24. The Kier molecular flexibility index (Phi) is 3.49. The normalized spacial score (nSPS) is 10.0. The van der Waals surface area contributed by atoms with E-state index in [1.165, 1.54) is 12.3 Å². The molecule has 0 bridgehead atoms. The molecule has 17 heavy (non-hydrogen) atoms. The summed E-state index contributed by atoms with van der Waals surface area (Å²) in [6.07, 6.45) is 3.13. The summed E-state index contributed by atoms with van der Waals surface area (Å²) in [5.74, 6) is 0.0755. The third-order valence-electron chi connectivity index (χ3n) is 2.23. The number of hydrogen-bond donors (Lipinski definition) is 1. The first-order chi connectivity index (χ1) is 8.28. The second kappa shape index (κ2) is 5.25. The van der Waals surface area contributed by atoms with Crippen molar-refractivity contribution in [2.24, 2.45) is 0 Å². The van der Waals surface area contributed by atoms with Crippen molar-refractivity contribution in [3.05, 3.63) is 48.2 Å². The van der Waals surface area contributed by atoms with Crippen LogP contribution in [0, 0.1) is 5.95 Å². The maximum Gasteiger partial charge on any atom is 0.214 e. The second-order valence-corrected chi connectivity index (χ2v) is 3.43. The van der Waals surface area contributed by atoms with Crippen LogP contribution in [0.15, 0.2) is 36.7 Å². The molecule has 2 aromatic heterocycles. The molecule has 0 saturated carbocycles. The third kappa shape index (κ3) is 3.14. The monoisotopic (exact) mass is 233 g/mol. The third-order valence-corrected chi connectivity index (χ3v) is 2.23. The molecule has 0 spiro atoms. The summed E-state index contributed by atoms with van der Waals surface area (Å²) in [7, 11) is 1.57. The number of anilines is 1. The minimum Gasteiger partial charge on any atom is -0.481 e. The summed E-state index contributed by atoms with van der Waals surface area (Å²) in [5.41, 5.74) is 1.68. The molecule has 0 amide bonds. The van der Waals surface area contributed by atoms with E-state index in [1.807, 2.05) is 6.07 Å². The highest BCUT2D eigenvalue weighted by atomic mass is 19.1. The van der Waals surface area contributed by atoms with Gasteiger partial charge in [0, 0.05) is 36.8 Å². The van der Waals surface area contributed by atoms with E-state index in [4.69, 9.17) is 4.74 Å². The zero-order valence-corrected chi connectivity index (χ0v) is 9.35. The van der Waals surface area contributed by atoms with Gasteiger partial charge in [0.05, 0.1) is 7.11 Å². The Bertz CT molecular complexity index is 487. The van der Waals surface area contributed by atoms with E-state index in [0.717, 1.165) is 5.56 Å². The SMILES string of the molecule is COc1ccc(CNc2ccnc(F)c2)cn1. The average Bonchev–Trinajstić information content (AvgIpc) is 2.37. The molecule has 88 valence electrons. The molecule has 0 unspecified atom stereocenters. The van der Waals surface area contributed by atoms with E-state index in [-0.39, 0.29) is 0 Å². The number of methoxy groups -OCH3 is 1. The summed E-state index contributed by atoms with van der Waals surface area (Å²) >= 11 is 0. The van der Waals surface area contributed by atoms with Crippen molar-refractivity contribution < 1.29 is 9.13 Å². The van der Waals surface area contributed by atoms with E-state index in [2.05, 4.69) is 15.3 Å². The Morgan fingerprint density at radius 1 is 1.29 bits per heavy atom. The van der Waals surface area contributed by atoms with Crippen LogP contribution < -0.4 is 10.1 Å². The molecule has 0 fully saturated rings. The van der Waals surface area contributed by atoms with Gasteiger partial charge in [-0.15, -0.1) is 0 Å². The Labute approximate surface area is 98.5 Å². The van der Waals surface area contributed by atoms with Crippen molar-refractivity contribution in [3.63, 3.8) is 0 Å². The minimum absolute atomic E-state index is 0.497. The fraction of sp³-hybridized carbons (Fsp3) is 0.167. The maximum absolute atomic E-state index is 12.8. The van der Waals surface area contributed by atoms with Crippen molar-refractivity contribution in [2.45, 2.75) is 6.54 Å². The van der Waals surface area contributed by atoms with Gasteiger partial charge in [0.1, 0.15) is 0 Å². The van der Waals surface area contributed by atoms with Gasteiger partial charge in [-0.2, -0.15) is 4.39 Å². The smallest absolute Gasteiger partial charge is 0.214 e. The lowest BCUT2D eigenvalue weighted by molar-refractivity contribution is 0.397. The molecule has 2 rings (SSSR count). The molecule has 0 aromatic carbocycles. The lowest BCUT2D eigenvalue weighted by atomic mass is 10.3. The van der Waals surface area contributed by atoms with Crippen molar-refractivity contribution in [3.8, 4) is 5.88 Å². The molecular weight excluding hydrogens is 221 g/mol. The number of hydrogen-bond acceptors (Lipinski definition) is 4. The average molecular weight is 233 g/mol. The van der Waals surface area contributed by atoms with Gasteiger partial charge in [0.15, 0.2) is 0 Å². The quantitative estimate of drug-likeness (QED) is 0.823.